The second kappa shape index (κ2) is 6.79. The number of fused-ring (bicyclic) bond motifs is 1. The van der Waals surface area contributed by atoms with Gasteiger partial charge in [0, 0.05) is 24.3 Å². The number of aryl methyl sites for hydroxylation is 1. The molecule has 1 saturated heterocycles. The van der Waals surface area contributed by atoms with Crippen LogP contribution < -0.4 is 0 Å². The van der Waals surface area contributed by atoms with E-state index < -0.39 is 11.9 Å². The standard InChI is InChI=1S/C20H22FN3O3/c1-12-5-6-15(21)17(11-12)24-16-4-2-3-14(16)18(22-24)19(25)23-9-7-13(8-10-23)20(26)27/h5-6,11,13H,2-4,7-10H2,1H3,(H,26,27). The van der Waals surface area contributed by atoms with E-state index in [-0.39, 0.29) is 11.7 Å². The number of aromatic nitrogens is 2. The van der Waals surface area contributed by atoms with Gasteiger partial charge < -0.3 is 10.0 Å². The molecule has 0 saturated carbocycles. The van der Waals surface area contributed by atoms with E-state index in [9.17, 15) is 14.0 Å². The van der Waals surface area contributed by atoms with Crippen molar-refractivity contribution in [2.45, 2.75) is 39.0 Å². The Labute approximate surface area is 156 Å². The topological polar surface area (TPSA) is 75.4 Å². The summed E-state index contributed by atoms with van der Waals surface area (Å²) in [6.45, 7) is 2.72. The van der Waals surface area contributed by atoms with E-state index in [1.54, 1.807) is 21.7 Å². The van der Waals surface area contributed by atoms with Crippen LogP contribution in [-0.4, -0.2) is 44.8 Å². The van der Waals surface area contributed by atoms with Gasteiger partial charge >= 0.3 is 5.97 Å². The van der Waals surface area contributed by atoms with Gasteiger partial charge in [-0.1, -0.05) is 6.07 Å². The summed E-state index contributed by atoms with van der Waals surface area (Å²) in [5.74, 6) is -1.73. The van der Waals surface area contributed by atoms with Crippen molar-refractivity contribution in [2.75, 3.05) is 13.1 Å². The SMILES string of the molecule is Cc1ccc(F)c(-n2nc(C(=O)N3CCC(C(=O)O)CC3)c3c2CCC3)c1. The van der Waals surface area contributed by atoms with Crippen molar-refractivity contribution in [2.24, 2.45) is 5.92 Å². The Hall–Kier alpha value is -2.70. The fourth-order valence-electron chi connectivity index (χ4n) is 4.07. The minimum atomic E-state index is -0.804. The number of amides is 1. The van der Waals surface area contributed by atoms with E-state index in [2.05, 4.69) is 5.10 Å². The average molecular weight is 371 g/mol. The zero-order chi connectivity index (χ0) is 19.1. The molecule has 1 aliphatic heterocycles. The largest absolute Gasteiger partial charge is 0.481 e. The number of hydrogen-bond acceptors (Lipinski definition) is 3. The van der Waals surface area contributed by atoms with Crippen LogP contribution in [-0.2, 0) is 17.6 Å². The molecule has 2 aromatic rings. The van der Waals surface area contributed by atoms with Crippen LogP contribution >= 0.6 is 0 Å². The molecule has 0 unspecified atom stereocenters. The number of carboxylic acids is 1. The summed E-state index contributed by atoms with van der Waals surface area (Å²) in [4.78, 5) is 25.8. The molecular formula is C20H22FN3O3. The highest BCUT2D eigenvalue weighted by molar-refractivity contribution is 5.94. The molecule has 2 heterocycles. The molecule has 0 spiro atoms. The number of hydrogen-bond donors (Lipinski definition) is 1. The predicted molar refractivity (Wildman–Crippen MR) is 96.5 cm³/mol. The number of aliphatic carboxylic acids is 1. The zero-order valence-corrected chi connectivity index (χ0v) is 15.2. The fourth-order valence-corrected chi connectivity index (χ4v) is 4.07. The second-order valence-corrected chi connectivity index (χ2v) is 7.40. The number of likely N-dealkylation sites (tertiary alicyclic amines) is 1. The lowest BCUT2D eigenvalue weighted by atomic mass is 9.97. The molecule has 142 valence electrons. The number of carbonyl (C=O) groups is 2. The van der Waals surface area contributed by atoms with Gasteiger partial charge in [0.15, 0.2) is 5.69 Å². The third-order valence-corrected chi connectivity index (χ3v) is 5.59. The van der Waals surface area contributed by atoms with Crippen molar-refractivity contribution in [3.8, 4) is 5.69 Å². The highest BCUT2D eigenvalue weighted by Gasteiger charge is 2.33. The van der Waals surface area contributed by atoms with Gasteiger partial charge in [-0.05, 0) is 56.7 Å². The number of benzene rings is 1. The summed E-state index contributed by atoms with van der Waals surface area (Å²) < 4.78 is 16.0. The summed E-state index contributed by atoms with van der Waals surface area (Å²) in [5.41, 5.74) is 3.50. The molecule has 6 nitrogen and oxygen atoms in total. The van der Waals surface area contributed by atoms with Crippen molar-refractivity contribution in [1.82, 2.24) is 14.7 Å². The average Bonchev–Trinajstić information content (AvgIpc) is 3.26. The van der Waals surface area contributed by atoms with E-state index in [1.165, 1.54) is 6.07 Å². The monoisotopic (exact) mass is 371 g/mol. The maximum absolute atomic E-state index is 14.4. The third-order valence-electron chi connectivity index (χ3n) is 5.59. The molecule has 27 heavy (non-hydrogen) atoms. The van der Waals surface area contributed by atoms with E-state index in [0.29, 0.717) is 37.3 Å². The van der Waals surface area contributed by atoms with Crippen LogP contribution in [0.2, 0.25) is 0 Å². The molecule has 0 radical (unpaired) electrons. The molecule has 1 N–H and O–H groups in total. The van der Waals surface area contributed by atoms with E-state index in [1.807, 2.05) is 6.92 Å². The Kier molecular flexibility index (Phi) is 4.45. The second-order valence-electron chi connectivity index (χ2n) is 7.40. The maximum Gasteiger partial charge on any atom is 0.306 e. The van der Waals surface area contributed by atoms with Crippen LogP contribution in [0.1, 0.15) is 46.6 Å². The zero-order valence-electron chi connectivity index (χ0n) is 15.2. The first-order chi connectivity index (χ1) is 13.0. The van der Waals surface area contributed by atoms with Gasteiger partial charge in [0.2, 0.25) is 0 Å². The predicted octanol–water partition coefficient (Wildman–Crippen LogP) is 2.75. The van der Waals surface area contributed by atoms with Crippen LogP contribution in [0.15, 0.2) is 18.2 Å². The van der Waals surface area contributed by atoms with E-state index in [4.69, 9.17) is 5.11 Å². The number of carboxylic acid groups (broad SMARTS) is 1. The summed E-state index contributed by atoms with van der Waals surface area (Å²) in [6.07, 6.45) is 3.36. The van der Waals surface area contributed by atoms with Crippen molar-refractivity contribution in [3.05, 3.63) is 46.5 Å². The lowest BCUT2D eigenvalue weighted by Gasteiger charge is -2.29. The Balaban J connectivity index is 1.66. The lowest BCUT2D eigenvalue weighted by molar-refractivity contribution is -0.143. The molecule has 0 bridgehead atoms. The highest BCUT2D eigenvalue weighted by atomic mass is 19.1. The molecule has 1 amide bonds. The van der Waals surface area contributed by atoms with Gasteiger partial charge in [-0.15, -0.1) is 0 Å². The first-order valence-corrected chi connectivity index (χ1v) is 9.35. The number of carbonyl (C=O) groups excluding carboxylic acids is 1. The lowest BCUT2D eigenvalue weighted by Crippen LogP contribution is -2.40. The van der Waals surface area contributed by atoms with Crippen LogP contribution in [0.25, 0.3) is 5.69 Å². The van der Waals surface area contributed by atoms with Crippen molar-refractivity contribution >= 4 is 11.9 Å². The fraction of sp³-hybridized carbons (Fsp3) is 0.450. The van der Waals surface area contributed by atoms with Crippen molar-refractivity contribution < 1.29 is 19.1 Å². The Morgan fingerprint density at radius 3 is 2.67 bits per heavy atom. The molecule has 1 aromatic carbocycles. The quantitative estimate of drug-likeness (QED) is 0.900. The van der Waals surface area contributed by atoms with Crippen LogP contribution in [0.5, 0.6) is 0 Å². The molecular weight excluding hydrogens is 349 g/mol. The van der Waals surface area contributed by atoms with Gasteiger partial charge in [-0.25, -0.2) is 9.07 Å². The van der Waals surface area contributed by atoms with Gasteiger partial charge in [0.25, 0.3) is 5.91 Å². The molecule has 1 aromatic heterocycles. The molecule has 1 aliphatic carbocycles. The number of halogens is 1. The van der Waals surface area contributed by atoms with Gasteiger partial charge in [-0.3, -0.25) is 9.59 Å². The summed E-state index contributed by atoms with van der Waals surface area (Å²) in [5, 5.41) is 13.6. The van der Waals surface area contributed by atoms with Gasteiger partial charge in [-0.2, -0.15) is 5.10 Å². The Morgan fingerprint density at radius 2 is 1.96 bits per heavy atom. The molecule has 7 heteroatoms. The van der Waals surface area contributed by atoms with E-state index in [0.717, 1.165) is 36.1 Å². The Bertz CT molecular complexity index is 913. The normalized spacial score (nSPS) is 17.2. The first-order valence-electron chi connectivity index (χ1n) is 9.35. The van der Waals surface area contributed by atoms with E-state index >= 15 is 0 Å². The molecule has 2 aliphatic rings. The molecule has 1 fully saturated rings. The molecule has 4 rings (SSSR count). The van der Waals surface area contributed by atoms with Crippen molar-refractivity contribution in [3.63, 3.8) is 0 Å². The minimum absolute atomic E-state index is 0.177. The Morgan fingerprint density at radius 1 is 1.22 bits per heavy atom. The maximum atomic E-state index is 14.4. The smallest absolute Gasteiger partial charge is 0.306 e. The summed E-state index contributed by atoms with van der Waals surface area (Å²) in [7, 11) is 0. The van der Waals surface area contributed by atoms with Crippen molar-refractivity contribution in [1.29, 1.82) is 0 Å². The first kappa shape index (κ1) is 17.7. The molecule has 0 atom stereocenters. The third kappa shape index (κ3) is 3.11. The number of piperidine rings is 1. The van der Waals surface area contributed by atoms with Crippen LogP contribution in [0, 0.1) is 18.7 Å². The number of rotatable bonds is 3. The van der Waals surface area contributed by atoms with Crippen LogP contribution in [0.4, 0.5) is 4.39 Å². The summed E-state index contributed by atoms with van der Waals surface area (Å²) in [6, 6.07) is 4.88. The number of nitrogens with zero attached hydrogens (tertiary/aromatic N) is 3. The highest BCUT2D eigenvalue weighted by Crippen LogP contribution is 2.30. The van der Waals surface area contributed by atoms with Gasteiger partial charge in [0.1, 0.15) is 11.5 Å². The summed E-state index contributed by atoms with van der Waals surface area (Å²) >= 11 is 0. The minimum Gasteiger partial charge on any atom is -0.481 e. The van der Waals surface area contributed by atoms with Crippen LogP contribution in [0.3, 0.4) is 0 Å². The van der Waals surface area contributed by atoms with Gasteiger partial charge in [0.05, 0.1) is 5.92 Å².